The first-order valence-electron chi connectivity index (χ1n) is 13.1. The van der Waals surface area contributed by atoms with Gasteiger partial charge in [-0.05, 0) is 43.9 Å². The first-order chi connectivity index (χ1) is 18.4. The second-order valence-corrected chi connectivity index (χ2v) is 10.0. The zero-order chi connectivity index (χ0) is 26.8. The molecule has 2 saturated heterocycles. The highest BCUT2D eigenvalue weighted by atomic mass is 16.6. The molecule has 1 saturated carbocycles. The molecule has 2 aliphatic heterocycles. The van der Waals surface area contributed by atoms with Crippen LogP contribution in [0.4, 0.5) is 10.6 Å². The van der Waals surface area contributed by atoms with Crippen LogP contribution in [0.3, 0.4) is 0 Å². The number of piperidine rings is 1. The molecule has 4 heterocycles. The molecule has 2 aromatic heterocycles. The normalized spacial score (nSPS) is 25.7. The lowest BCUT2D eigenvalue weighted by atomic mass is 9.94. The molecule has 13 nitrogen and oxygen atoms in total. The van der Waals surface area contributed by atoms with Crippen LogP contribution in [-0.4, -0.2) is 90.7 Å². The second-order valence-electron chi connectivity index (χ2n) is 10.0. The number of nitrogens with two attached hydrogens (primary N) is 1. The maximum absolute atomic E-state index is 12.5. The van der Waals surface area contributed by atoms with E-state index >= 15 is 0 Å². The third-order valence-electron chi connectivity index (χ3n) is 7.04. The van der Waals surface area contributed by atoms with E-state index in [-0.39, 0.29) is 29.4 Å². The highest BCUT2D eigenvalue weighted by molar-refractivity contribution is 5.83. The number of carbonyl (C=O) groups excluding carboxylic acids is 2. The summed E-state index contributed by atoms with van der Waals surface area (Å²) in [6.07, 6.45) is 0.890. The third kappa shape index (κ3) is 5.52. The van der Waals surface area contributed by atoms with E-state index in [9.17, 15) is 19.8 Å². The molecule has 0 bridgehead atoms. The van der Waals surface area contributed by atoms with Crippen molar-refractivity contribution in [3.05, 3.63) is 12.2 Å². The van der Waals surface area contributed by atoms with Crippen molar-refractivity contribution in [1.82, 2.24) is 29.7 Å². The SMILES string of the molecule is CCCOC(=O)N1CCC(CC#Cc2nc(N)c3ncn([C@@H]4O[C@H](C(=O)NC5CC5)[C@H](O)C4O)c3n2)CC1. The topological polar surface area (TPSA) is 178 Å². The number of imidazole rings is 1. The van der Waals surface area contributed by atoms with Crippen LogP contribution in [0.1, 0.15) is 57.5 Å². The Morgan fingerprint density at radius 3 is 2.68 bits per heavy atom. The lowest BCUT2D eigenvalue weighted by Crippen LogP contribution is -2.43. The minimum absolute atomic E-state index is 0.0899. The molecule has 0 spiro atoms. The monoisotopic (exact) mass is 527 g/mol. The van der Waals surface area contributed by atoms with Crippen LogP contribution in [0.5, 0.6) is 0 Å². The number of ether oxygens (including phenoxy) is 2. The Kier molecular flexibility index (Phi) is 7.64. The van der Waals surface area contributed by atoms with Gasteiger partial charge in [0.2, 0.25) is 5.82 Å². The number of nitrogens with one attached hydrogen (secondary N) is 1. The summed E-state index contributed by atoms with van der Waals surface area (Å²) in [6, 6.07) is 0.0899. The molecule has 4 atom stereocenters. The maximum Gasteiger partial charge on any atom is 0.409 e. The predicted molar refractivity (Wildman–Crippen MR) is 134 cm³/mol. The highest BCUT2D eigenvalue weighted by Gasteiger charge is 2.48. The predicted octanol–water partition coefficient (Wildman–Crippen LogP) is 0.307. The van der Waals surface area contributed by atoms with Gasteiger partial charge in [0, 0.05) is 25.6 Å². The van der Waals surface area contributed by atoms with Crippen molar-refractivity contribution in [2.45, 2.75) is 76.0 Å². The third-order valence-corrected chi connectivity index (χ3v) is 7.04. The summed E-state index contributed by atoms with van der Waals surface area (Å²) < 4.78 is 12.4. The molecule has 1 unspecified atom stereocenters. The minimum atomic E-state index is -1.41. The van der Waals surface area contributed by atoms with E-state index in [2.05, 4.69) is 32.1 Å². The van der Waals surface area contributed by atoms with Crippen molar-refractivity contribution < 1.29 is 29.3 Å². The number of nitrogen functional groups attached to an aromatic ring is 1. The lowest BCUT2D eigenvalue weighted by molar-refractivity contribution is -0.137. The molecule has 0 aromatic carbocycles. The van der Waals surface area contributed by atoms with Crippen molar-refractivity contribution in [2.24, 2.45) is 5.92 Å². The summed E-state index contributed by atoms with van der Waals surface area (Å²) in [4.78, 5) is 39.1. The van der Waals surface area contributed by atoms with E-state index in [1.54, 1.807) is 4.90 Å². The number of likely N-dealkylation sites (tertiary alicyclic amines) is 1. The van der Waals surface area contributed by atoms with E-state index < -0.39 is 30.4 Å². The van der Waals surface area contributed by atoms with E-state index in [0.29, 0.717) is 37.6 Å². The number of hydrogen-bond acceptors (Lipinski definition) is 10. The molecule has 3 aliphatic rings. The molecular weight excluding hydrogens is 494 g/mol. The summed E-state index contributed by atoms with van der Waals surface area (Å²) >= 11 is 0. The van der Waals surface area contributed by atoms with Gasteiger partial charge < -0.3 is 35.6 Å². The van der Waals surface area contributed by atoms with Gasteiger partial charge in [0.25, 0.3) is 5.91 Å². The largest absolute Gasteiger partial charge is 0.449 e. The molecule has 2 amide bonds. The van der Waals surface area contributed by atoms with E-state index in [0.717, 1.165) is 32.1 Å². The fourth-order valence-corrected chi connectivity index (χ4v) is 4.67. The number of anilines is 1. The number of aliphatic hydroxyl groups is 2. The van der Waals surface area contributed by atoms with E-state index in [1.807, 2.05) is 6.92 Å². The van der Waals surface area contributed by atoms with Gasteiger partial charge in [0.1, 0.15) is 17.7 Å². The van der Waals surface area contributed by atoms with Gasteiger partial charge in [0.05, 0.1) is 12.9 Å². The first-order valence-corrected chi connectivity index (χ1v) is 13.1. The Labute approximate surface area is 219 Å². The van der Waals surface area contributed by atoms with Gasteiger partial charge in [-0.25, -0.2) is 19.7 Å². The van der Waals surface area contributed by atoms with Crippen molar-refractivity contribution >= 4 is 29.0 Å². The number of aliphatic hydroxyl groups excluding tert-OH is 2. The van der Waals surface area contributed by atoms with Gasteiger partial charge in [-0.1, -0.05) is 12.8 Å². The first kappa shape index (κ1) is 26.1. The Hall–Kier alpha value is -3.47. The minimum Gasteiger partial charge on any atom is -0.449 e. The van der Waals surface area contributed by atoms with Gasteiger partial charge in [-0.3, -0.25) is 9.36 Å². The van der Waals surface area contributed by atoms with Crippen LogP contribution in [-0.2, 0) is 14.3 Å². The number of fused-ring (bicyclic) bond motifs is 1. The Bertz CT molecular complexity index is 1240. The van der Waals surface area contributed by atoms with Crippen LogP contribution in [0.2, 0.25) is 0 Å². The van der Waals surface area contributed by atoms with Crippen LogP contribution < -0.4 is 11.1 Å². The second kappa shape index (κ2) is 11.1. The van der Waals surface area contributed by atoms with Crippen molar-refractivity contribution in [1.29, 1.82) is 0 Å². The molecule has 3 fully saturated rings. The molecular formula is C25H33N7O6. The van der Waals surface area contributed by atoms with Crippen LogP contribution in [0.25, 0.3) is 11.2 Å². The van der Waals surface area contributed by atoms with Crippen molar-refractivity contribution in [2.75, 3.05) is 25.4 Å². The molecule has 204 valence electrons. The van der Waals surface area contributed by atoms with Crippen LogP contribution in [0.15, 0.2) is 6.33 Å². The summed E-state index contributed by atoms with van der Waals surface area (Å²) in [7, 11) is 0. The van der Waals surface area contributed by atoms with Gasteiger partial charge in [0.15, 0.2) is 23.8 Å². The molecule has 1 aliphatic carbocycles. The van der Waals surface area contributed by atoms with Gasteiger partial charge in [-0.2, -0.15) is 0 Å². The van der Waals surface area contributed by atoms with Crippen LogP contribution in [0, 0.1) is 17.8 Å². The quantitative estimate of drug-likeness (QED) is 0.382. The highest BCUT2D eigenvalue weighted by Crippen LogP contribution is 2.33. The molecule has 13 heteroatoms. The average molecular weight is 528 g/mol. The van der Waals surface area contributed by atoms with Crippen molar-refractivity contribution in [3.63, 3.8) is 0 Å². The summed E-state index contributed by atoms with van der Waals surface area (Å²) in [5.41, 5.74) is 6.68. The Balaban J connectivity index is 1.25. The number of aromatic nitrogens is 4. The Morgan fingerprint density at radius 2 is 1.97 bits per heavy atom. The van der Waals surface area contributed by atoms with E-state index in [4.69, 9.17) is 15.2 Å². The maximum atomic E-state index is 12.5. The van der Waals surface area contributed by atoms with Crippen LogP contribution >= 0.6 is 0 Å². The summed E-state index contributed by atoms with van der Waals surface area (Å²) in [5.74, 6) is 6.25. The molecule has 0 radical (unpaired) electrons. The molecule has 38 heavy (non-hydrogen) atoms. The lowest BCUT2D eigenvalue weighted by Gasteiger charge is -2.30. The van der Waals surface area contributed by atoms with Gasteiger partial charge in [-0.15, -0.1) is 0 Å². The molecule has 5 N–H and O–H groups in total. The van der Waals surface area contributed by atoms with Crippen molar-refractivity contribution in [3.8, 4) is 11.8 Å². The average Bonchev–Trinajstić information content (AvgIpc) is 3.55. The number of carbonyl (C=O) groups is 2. The molecule has 2 aromatic rings. The fourth-order valence-electron chi connectivity index (χ4n) is 4.67. The standard InChI is InChI=1S/C25H33N7O6/c1-2-12-37-25(36)31-10-8-14(9-11-31)4-3-5-16-29-21(26)17-22(30-16)32(13-27-17)24-19(34)18(33)20(38-24)23(35)28-15-6-7-15/h13-15,18-20,24,33-34H,2,4,6-12H2,1H3,(H,28,35)(H2,26,29,30)/t18-,19?,20+,24-/m1/s1. The fraction of sp³-hybridized carbons (Fsp3) is 0.640. The zero-order valence-electron chi connectivity index (χ0n) is 21.2. The zero-order valence-corrected chi connectivity index (χ0v) is 21.2. The summed E-state index contributed by atoms with van der Waals surface area (Å²) in [5, 5.41) is 23.9. The van der Waals surface area contributed by atoms with E-state index in [1.165, 1.54) is 10.9 Å². The molecule has 5 rings (SSSR count). The smallest absolute Gasteiger partial charge is 0.409 e. The number of hydrogen-bond donors (Lipinski definition) is 4. The number of rotatable bonds is 6. The van der Waals surface area contributed by atoms with Gasteiger partial charge >= 0.3 is 6.09 Å². The number of amides is 2. The Morgan fingerprint density at radius 1 is 1.21 bits per heavy atom. The summed E-state index contributed by atoms with van der Waals surface area (Å²) in [6.45, 7) is 3.67. The number of nitrogens with zero attached hydrogens (tertiary/aromatic N) is 5.